The smallest absolute Gasteiger partial charge is 0.389 e. The minimum atomic E-state index is -4.44. The van der Waals surface area contributed by atoms with E-state index in [1.165, 1.54) is 12.1 Å². The van der Waals surface area contributed by atoms with Gasteiger partial charge < -0.3 is 5.11 Å². The van der Waals surface area contributed by atoms with Crippen molar-refractivity contribution in [2.75, 3.05) is 14.1 Å². The van der Waals surface area contributed by atoms with Crippen molar-refractivity contribution in [3.05, 3.63) is 41.5 Å². The number of fused-ring (bicyclic) bond motifs is 3. The molecule has 0 saturated heterocycles. The molecule has 2 fully saturated rings. The number of rotatable bonds is 2. The Kier molecular flexibility index (Phi) is 4.10. The number of alkyl halides is 3. The van der Waals surface area contributed by atoms with Gasteiger partial charge in [-0.05, 0) is 68.6 Å². The molecule has 4 rings (SSSR count). The molecular formula is C21H24F3NO2. The van der Waals surface area contributed by atoms with Crippen molar-refractivity contribution < 1.29 is 23.1 Å². The zero-order chi connectivity index (χ0) is 19.6. The predicted octanol–water partition coefficient (Wildman–Crippen LogP) is 3.91. The van der Waals surface area contributed by atoms with E-state index >= 15 is 0 Å². The Hall–Kier alpha value is -1.66. The summed E-state index contributed by atoms with van der Waals surface area (Å²) in [5, 5.41) is 11.5. The molecule has 4 atom stereocenters. The zero-order valence-electron chi connectivity index (χ0n) is 15.5. The van der Waals surface area contributed by atoms with Crippen LogP contribution in [0.15, 0.2) is 30.3 Å². The third-order valence-electron chi connectivity index (χ3n) is 6.96. The Labute approximate surface area is 156 Å². The number of hydrogen-bond acceptors (Lipinski definition) is 3. The van der Waals surface area contributed by atoms with Gasteiger partial charge in [-0.2, -0.15) is 13.2 Å². The average molecular weight is 379 g/mol. The molecule has 1 aromatic carbocycles. The number of allylic oxidation sites excluding steroid dienone is 1. The molecule has 1 N–H and O–H groups in total. The minimum Gasteiger partial charge on any atom is -0.389 e. The number of ketones is 1. The Morgan fingerprint density at radius 3 is 2.63 bits per heavy atom. The standard InChI is InChI=1S/C21H24F3NO2/c1-25(2)19-12-15-7-3-4-9-20(15,27)18(19)17(26)11-16(19)13-6-5-8-14(10-13)21(22,23)24/h5-6,8,10-11,15,18,27H,3-4,7,9,12H2,1-2H3/t15-,18-,19-,20+/m1/s1. The number of benzene rings is 1. The van der Waals surface area contributed by atoms with Gasteiger partial charge in [0.05, 0.1) is 22.6 Å². The fraction of sp³-hybridized carbons (Fsp3) is 0.571. The summed E-state index contributed by atoms with van der Waals surface area (Å²) in [7, 11) is 3.71. The number of carbonyl (C=O) groups excluding carboxylic acids is 1. The van der Waals surface area contributed by atoms with Crippen LogP contribution in [0.1, 0.15) is 43.2 Å². The Morgan fingerprint density at radius 1 is 1.22 bits per heavy atom. The van der Waals surface area contributed by atoms with Gasteiger partial charge in [0.1, 0.15) is 0 Å². The summed E-state index contributed by atoms with van der Waals surface area (Å²) in [6.07, 6.45) is 0.946. The monoisotopic (exact) mass is 379 g/mol. The van der Waals surface area contributed by atoms with Gasteiger partial charge in [0.15, 0.2) is 5.78 Å². The van der Waals surface area contributed by atoms with Gasteiger partial charge in [-0.1, -0.05) is 25.0 Å². The lowest BCUT2D eigenvalue weighted by Crippen LogP contribution is -2.53. The van der Waals surface area contributed by atoms with Crippen molar-refractivity contribution in [3.63, 3.8) is 0 Å². The molecule has 0 amide bonds. The predicted molar refractivity (Wildman–Crippen MR) is 95.9 cm³/mol. The minimum absolute atomic E-state index is 0.00269. The fourth-order valence-electron chi connectivity index (χ4n) is 5.79. The highest BCUT2D eigenvalue weighted by molar-refractivity contribution is 6.08. The van der Waals surface area contributed by atoms with E-state index in [2.05, 4.69) is 0 Å². The fourth-order valence-corrected chi connectivity index (χ4v) is 5.79. The van der Waals surface area contributed by atoms with Crippen LogP contribution < -0.4 is 0 Å². The first kappa shape index (κ1) is 18.7. The molecule has 0 radical (unpaired) electrons. The van der Waals surface area contributed by atoms with Crippen LogP contribution >= 0.6 is 0 Å². The lowest BCUT2D eigenvalue weighted by Gasteiger charge is -2.42. The van der Waals surface area contributed by atoms with Gasteiger partial charge in [0, 0.05) is 0 Å². The number of hydrogen-bond donors (Lipinski definition) is 1. The normalized spacial score (nSPS) is 36.0. The van der Waals surface area contributed by atoms with E-state index < -0.39 is 28.8 Å². The highest BCUT2D eigenvalue weighted by Crippen LogP contribution is 2.62. The molecule has 2 saturated carbocycles. The summed E-state index contributed by atoms with van der Waals surface area (Å²) in [5.41, 5.74) is -1.53. The largest absolute Gasteiger partial charge is 0.416 e. The van der Waals surface area contributed by atoms with Crippen LogP contribution in [0.3, 0.4) is 0 Å². The van der Waals surface area contributed by atoms with E-state index in [1.54, 1.807) is 6.07 Å². The third-order valence-corrected chi connectivity index (χ3v) is 6.96. The molecule has 0 bridgehead atoms. The van der Waals surface area contributed by atoms with Crippen molar-refractivity contribution in [2.24, 2.45) is 11.8 Å². The molecule has 3 aliphatic carbocycles. The molecule has 0 aromatic heterocycles. The Morgan fingerprint density at radius 2 is 1.96 bits per heavy atom. The molecule has 0 spiro atoms. The van der Waals surface area contributed by atoms with Crippen LogP contribution in [0.25, 0.3) is 5.57 Å². The maximum absolute atomic E-state index is 13.2. The molecule has 3 aliphatic rings. The van der Waals surface area contributed by atoms with Crippen molar-refractivity contribution in [1.82, 2.24) is 4.90 Å². The zero-order valence-corrected chi connectivity index (χ0v) is 15.5. The van der Waals surface area contributed by atoms with Crippen molar-refractivity contribution in [3.8, 4) is 0 Å². The maximum Gasteiger partial charge on any atom is 0.416 e. The van der Waals surface area contributed by atoms with Crippen LogP contribution in [-0.2, 0) is 11.0 Å². The molecule has 146 valence electrons. The van der Waals surface area contributed by atoms with Gasteiger partial charge in [-0.3, -0.25) is 9.69 Å². The number of carbonyl (C=O) groups is 1. The third kappa shape index (κ3) is 2.53. The van der Waals surface area contributed by atoms with Crippen molar-refractivity contribution in [2.45, 2.75) is 49.4 Å². The lowest BCUT2D eigenvalue weighted by atomic mass is 9.71. The summed E-state index contributed by atoms with van der Waals surface area (Å²) in [5.74, 6) is -0.782. The van der Waals surface area contributed by atoms with E-state index in [1.807, 2.05) is 19.0 Å². The second-order valence-electron chi connectivity index (χ2n) is 8.43. The van der Waals surface area contributed by atoms with Gasteiger partial charge in [0.2, 0.25) is 0 Å². The van der Waals surface area contributed by atoms with Crippen LogP contribution in [-0.4, -0.2) is 41.0 Å². The number of likely N-dealkylation sites (N-methyl/N-ethyl adjacent to an activating group) is 1. The summed E-state index contributed by atoms with van der Waals surface area (Å²) in [6, 6.07) is 5.19. The first-order valence-corrected chi connectivity index (χ1v) is 9.44. The molecule has 0 unspecified atom stereocenters. The summed E-state index contributed by atoms with van der Waals surface area (Å²) >= 11 is 0. The summed E-state index contributed by atoms with van der Waals surface area (Å²) < 4.78 is 39.7. The molecule has 0 heterocycles. The Bertz CT molecular complexity index is 816. The average Bonchev–Trinajstić information content (AvgIpc) is 3.06. The number of halogens is 3. The van der Waals surface area contributed by atoms with Gasteiger partial charge in [-0.25, -0.2) is 0 Å². The van der Waals surface area contributed by atoms with Gasteiger partial charge in [0.25, 0.3) is 0 Å². The topological polar surface area (TPSA) is 40.5 Å². The highest BCUT2D eigenvalue weighted by atomic mass is 19.4. The van der Waals surface area contributed by atoms with Gasteiger partial charge >= 0.3 is 6.18 Å². The van der Waals surface area contributed by atoms with Gasteiger partial charge in [-0.15, -0.1) is 0 Å². The van der Waals surface area contributed by atoms with E-state index in [-0.39, 0.29) is 11.7 Å². The molecule has 1 aromatic rings. The van der Waals surface area contributed by atoms with Crippen LogP contribution in [0, 0.1) is 11.8 Å². The molecular weight excluding hydrogens is 355 g/mol. The first-order chi connectivity index (χ1) is 12.6. The summed E-state index contributed by atoms with van der Waals surface area (Å²) in [4.78, 5) is 14.9. The Balaban J connectivity index is 1.86. The molecule has 6 heteroatoms. The van der Waals surface area contributed by atoms with E-state index in [9.17, 15) is 23.1 Å². The van der Waals surface area contributed by atoms with E-state index in [0.29, 0.717) is 24.0 Å². The second kappa shape index (κ2) is 5.92. The second-order valence-corrected chi connectivity index (χ2v) is 8.43. The van der Waals surface area contributed by atoms with Crippen LogP contribution in [0.2, 0.25) is 0 Å². The maximum atomic E-state index is 13.2. The molecule has 3 nitrogen and oxygen atoms in total. The van der Waals surface area contributed by atoms with Crippen LogP contribution in [0.4, 0.5) is 13.2 Å². The quantitative estimate of drug-likeness (QED) is 0.847. The van der Waals surface area contributed by atoms with Crippen LogP contribution in [0.5, 0.6) is 0 Å². The molecule has 0 aliphatic heterocycles. The number of aliphatic hydroxyl groups is 1. The van der Waals surface area contributed by atoms with Crippen molar-refractivity contribution in [1.29, 1.82) is 0 Å². The molecule has 27 heavy (non-hydrogen) atoms. The number of nitrogens with zero attached hydrogens (tertiary/aromatic N) is 1. The SMILES string of the molecule is CN(C)[C@@]12C[C@H]3CCCC[C@@]3(O)[C@@H]1C(=O)C=C2c1cccc(C(F)(F)F)c1. The first-order valence-electron chi connectivity index (χ1n) is 9.44. The van der Waals surface area contributed by atoms with E-state index in [0.717, 1.165) is 31.4 Å². The van der Waals surface area contributed by atoms with Crippen molar-refractivity contribution >= 4 is 11.4 Å². The summed E-state index contributed by atoms with van der Waals surface area (Å²) in [6.45, 7) is 0. The lowest BCUT2D eigenvalue weighted by molar-refractivity contribution is -0.137. The van der Waals surface area contributed by atoms with E-state index in [4.69, 9.17) is 0 Å². The highest BCUT2D eigenvalue weighted by Gasteiger charge is 2.68.